The quantitative estimate of drug-likeness (QED) is 0.491. The van der Waals surface area contributed by atoms with Crippen LogP contribution in [0.1, 0.15) is 0 Å². The van der Waals surface area contributed by atoms with Gasteiger partial charge >= 0.3 is 11.6 Å². The molecule has 98 valence electrons. The number of hydrogen-bond donors (Lipinski definition) is 0. The van der Waals surface area contributed by atoms with E-state index in [1.165, 1.54) is 12.1 Å². The smallest absolute Gasteiger partial charge is 0.368 e. The van der Waals surface area contributed by atoms with Gasteiger partial charge in [-0.3, -0.25) is 10.1 Å². The Balaban J connectivity index is 2.44. The van der Waals surface area contributed by atoms with Crippen molar-refractivity contribution in [2.24, 2.45) is 0 Å². The molecule has 19 heavy (non-hydrogen) atoms. The van der Waals surface area contributed by atoms with Crippen molar-refractivity contribution in [3.8, 4) is 11.6 Å². The zero-order valence-corrected chi connectivity index (χ0v) is 10.5. The predicted molar refractivity (Wildman–Crippen MR) is 65.2 cm³/mol. The van der Waals surface area contributed by atoms with Crippen molar-refractivity contribution in [3.63, 3.8) is 0 Å². The van der Waals surface area contributed by atoms with Crippen LogP contribution in [-0.2, 0) is 0 Å². The van der Waals surface area contributed by atoms with Crippen LogP contribution in [0.2, 0.25) is 10.2 Å². The molecule has 0 fully saturated rings. The van der Waals surface area contributed by atoms with Crippen LogP contribution in [0.15, 0.2) is 24.5 Å². The van der Waals surface area contributed by atoms with Crippen molar-refractivity contribution in [2.45, 2.75) is 0 Å². The second kappa shape index (κ2) is 5.33. The highest BCUT2D eigenvalue weighted by Gasteiger charge is 2.24. The Hall–Kier alpha value is -1.99. The number of hydrogen-bond acceptors (Lipinski definition) is 5. The average molecular weight is 304 g/mol. The molecular formula is C10H4Cl2FN3O3. The number of ether oxygens (including phenoxy) is 1. The third kappa shape index (κ3) is 2.88. The summed E-state index contributed by atoms with van der Waals surface area (Å²) in [7, 11) is 0. The molecule has 0 N–H and O–H groups in total. The van der Waals surface area contributed by atoms with E-state index in [1.54, 1.807) is 0 Å². The zero-order valence-electron chi connectivity index (χ0n) is 9.01. The summed E-state index contributed by atoms with van der Waals surface area (Å²) in [5.41, 5.74) is -0.640. The molecule has 1 aromatic carbocycles. The summed E-state index contributed by atoms with van der Waals surface area (Å²) < 4.78 is 18.5. The van der Waals surface area contributed by atoms with Crippen molar-refractivity contribution in [3.05, 3.63) is 50.6 Å². The van der Waals surface area contributed by atoms with Gasteiger partial charge in [-0.2, -0.15) is 4.98 Å². The lowest BCUT2D eigenvalue weighted by molar-refractivity contribution is -0.386. The number of rotatable bonds is 3. The van der Waals surface area contributed by atoms with Gasteiger partial charge in [0.05, 0.1) is 4.92 Å². The second-order valence-corrected chi connectivity index (χ2v) is 4.05. The molecule has 1 aromatic heterocycles. The molecule has 0 aliphatic heterocycles. The summed E-state index contributed by atoms with van der Waals surface area (Å²) >= 11 is 11.1. The van der Waals surface area contributed by atoms with Gasteiger partial charge in [0, 0.05) is 5.02 Å². The lowest BCUT2D eigenvalue weighted by atomic mass is 10.3. The summed E-state index contributed by atoms with van der Waals surface area (Å²) in [4.78, 5) is 17.0. The summed E-state index contributed by atoms with van der Waals surface area (Å²) in [5, 5.41) is 10.6. The third-order valence-corrected chi connectivity index (χ3v) is 2.54. The van der Waals surface area contributed by atoms with Crippen molar-refractivity contribution in [2.75, 3.05) is 0 Å². The highest BCUT2D eigenvalue weighted by molar-refractivity contribution is 6.31. The minimum Gasteiger partial charge on any atom is -0.430 e. The van der Waals surface area contributed by atoms with Crippen molar-refractivity contribution in [1.82, 2.24) is 9.97 Å². The molecule has 0 bridgehead atoms. The lowest BCUT2D eigenvalue weighted by Gasteiger charge is -2.06. The zero-order chi connectivity index (χ0) is 14.0. The van der Waals surface area contributed by atoms with E-state index in [1.807, 2.05) is 0 Å². The fourth-order valence-corrected chi connectivity index (χ4v) is 1.59. The van der Waals surface area contributed by atoms with E-state index in [0.717, 1.165) is 12.4 Å². The highest BCUT2D eigenvalue weighted by Crippen LogP contribution is 2.34. The maximum absolute atomic E-state index is 13.5. The van der Waals surface area contributed by atoms with Crippen LogP contribution < -0.4 is 4.74 Å². The molecule has 0 radical (unpaired) electrons. The Morgan fingerprint density at radius 3 is 2.68 bits per heavy atom. The van der Waals surface area contributed by atoms with E-state index >= 15 is 0 Å². The number of nitro groups is 1. The highest BCUT2D eigenvalue weighted by atomic mass is 35.5. The predicted octanol–water partition coefficient (Wildman–Crippen LogP) is 3.62. The molecule has 9 heteroatoms. The van der Waals surface area contributed by atoms with E-state index in [4.69, 9.17) is 27.9 Å². The van der Waals surface area contributed by atoms with Gasteiger partial charge in [-0.1, -0.05) is 23.2 Å². The molecule has 2 rings (SSSR count). The van der Waals surface area contributed by atoms with Crippen LogP contribution in [0.3, 0.4) is 0 Å². The first-order valence-electron chi connectivity index (χ1n) is 4.77. The number of benzene rings is 1. The van der Waals surface area contributed by atoms with Gasteiger partial charge in [-0.25, -0.2) is 9.37 Å². The van der Waals surface area contributed by atoms with Crippen LogP contribution in [-0.4, -0.2) is 14.9 Å². The normalized spacial score (nSPS) is 10.3. The van der Waals surface area contributed by atoms with Gasteiger partial charge in [-0.05, 0) is 18.2 Å². The molecule has 0 aliphatic rings. The van der Waals surface area contributed by atoms with E-state index in [0.29, 0.717) is 0 Å². The Kier molecular flexibility index (Phi) is 3.77. The Labute approximate surface area is 115 Å². The lowest BCUT2D eigenvalue weighted by Crippen LogP contribution is -1.99. The van der Waals surface area contributed by atoms with Crippen LogP contribution in [0.5, 0.6) is 11.6 Å². The van der Waals surface area contributed by atoms with Gasteiger partial charge in [-0.15, -0.1) is 0 Å². The Morgan fingerprint density at radius 1 is 1.32 bits per heavy atom. The maximum atomic E-state index is 13.5. The Morgan fingerprint density at radius 2 is 2.05 bits per heavy atom. The van der Waals surface area contributed by atoms with E-state index in [-0.39, 0.29) is 10.8 Å². The fraction of sp³-hybridized carbons (Fsp3) is 0. The van der Waals surface area contributed by atoms with Crippen molar-refractivity contribution >= 4 is 28.9 Å². The molecule has 2 aromatic rings. The maximum Gasteiger partial charge on any atom is 0.368 e. The van der Waals surface area contributed by atoms with Crippen LogP contribution in [0.25, 0.3) is 0 Å². The van der Waals surface area contributed by atoms with Gasteiger partial charge < -0.3 is 4.74 Å². The molecule has 0 atom stereocenters. The average Bonchev–Trinajstić information content (AvgIpc) is 2.32. The summed E-state index contributed by atoms with van der Waals surface area (Å²) in [6.07, 6.45) is 0.971. The number of nitrogens with zero attached hydrogens (tertiary/aromatic N) is 3. The summed E-state index contributed by atoms with van der Waals surface area (Å²) in [6, 6.07) is 3.59. The first kappa shape index (κ1) is 13.4. The molecule has 0 unspecified atom stereocenters. The molecular weight excluding hydrogens is 300 g/mol. The molecule has 0 amide bonds. The largest absolute Gasteiger partial charge is 0.430 e. The number of aromatic nitrogens is 2. The van der Waals surface area contributed by atoms with Crippen molar-refractivity contribution in [1.29, 1.82) is 0 Å². The molecule has 0 saturated heterocycles. The van der Waals surface area contributed by atoms with Gasteiger partial charge in [0.1, 0.15) is 6.33 Å². The fourth-order valence-electron chi connectivity index (χ4n) is 1.23. The Bertz CT molecular complexity index is 654. The molecule has 6 nitrogen and oxygen atoms in total. The minimum absolute atomic E-state index is 0.167. The van der Waals surface area contributed by atoms with Gasteiger partial charge in [0.2, 0.25) is 5.15 Å². The monoisotopic (exact) mass is 303 g/mol. The second-order valence-electron chi connectivity index (χ2n) is 3.25. The SMILES string of the molecule is O=[N+]([O-])c1c(Cl)ncnc1Oc1ccc(Cl)cc1F. The molecule has 0 spiro atoms. The van der Waals surface area contributed by atoms with Gasteiger partial charge in [0.15, 0.2) is 11.6 Å². The molecule has 0 saturated carbocycles. The number of halogens is 3. The van der Waals surface area contributed by atoms with Gasteiger partial charge in [0.25, 0.3) is 0 Å². The summed E-state index contributed by atoms with van der Waals surface area (Å²) in [6.45, 7) is 0. The molecule has 0 aliphatic carbocycles. The summed E-state index contributed by atoms with van der Waals surface area (Å²) in [5.74, 6) is -1.50. The molecule has 1 heterocycles. The van der Waals surface area contributed by atoms with Crippen molar-refractivity contribution < 1.29 is 14.1 Å². The first-order valence-corrected chi connectivity index (χ1v) is 5.52. The first-order chi connectivity index (χ1) is 8.99. The third-order valence-electron chi connectivity index (χ3n) is 2.03. The van der Waals surface area contributed by atoms with E-state index in [9.17, 15) is 14.5 Å². The van der Waals surface area contributed by atoms with Crippen LogP contribution >= 0.6 is 23.2 Å². The topological polar surface area (TPSA) is 78.2 Å². The minimum atomic E-state index is -0.814. The standard InChI is InChI=1S/C10H4Cl2FN3O3/c11-5-1-2-7(6(13)3-5)19-10-8(16(17)18)9(12)14-4-15-10/h1-4H. The van der Waals surface area contributed by atoms with E-state index in [2.05, 4.69) is 9.97 Å². The van der Waals surface area contributed by atoms with Crippen LogP contribution in [0, 0.1) is 15.9 Å². The van der Waals surface area contributed by atoms with Crippen LogP contribution in [0.4, 0.5) is 10.1 Å². The van der Waals surface area contributed by atoms with E-state index < -0.39 is 27.5 Å².